The van der Waals surface area contributed by atoms with Gasteiger partial charge in [0.2, 0.25) is 5.91 Å². The number of rotatable bonds is 9. The van der Waals surface area contributed by atoms with E-state index in [4.69, 9.17) is 4.74 Å². The maximum atomic E-state index is 13.2. The Hall–Kier alpha value is -2.82. The highest BCUT2D eigenvalue weighted by Crippen LogP contribution is 2.26. The molecule has 5 nitrogen and oxygen atoms in total. The summed E-state index contributed by atoms with van der Waals surface area (Å²) in [7, 11) is 1.59. The zero-order valence-corrected chi connectivity index (χ0v) is 18.1. The molecule has 1 atom stereocenters. The first-order valence-corrected chi connectivity index (χ1v) is 10.2. The molecule has 0 radical (unpaired) electrons. The number of carbonyl (C=O) groups excluding carboxylic acids is 2. The third-order valence-electron chi connectivity index (χ3n) is 5.13. The molecule has 5 heteroatoms. The lowest BCUT2D eigenvalue weighted by Gasteiger charge is -2.30. The van der Waals surface area contributed by atoms with E-state index in [1.807, 2.05) is 62.4 Å². The fraction of sp³-hybridized carbons (Fsp3) is 0.417. The summed E-state index contributed by atoms with van der Waals surface area (Å²) in [4.78, 5) is 27.2. The lowest BCUT2D eigenvalue weighted by Crippen LogP contribution is -2.49. The lowest BCUT2D eigenvalue weighted by molar-refractivity contribution is -0.142. The molecule has 0 saturated heterocycles. The highest BCUT2D eigenvalue weighted by molar-refractivity contribution is 5.88. The van der Waals surface area contributed by atoms with Crippen LogP contribution in [-0.2, 0) is 16.1 Å². The van der Waals surface area contributed by atoms with E-state index < -0.39 is 6.04 Å². The van der Waals surface area contributed by atoms with Crippen molar-refractivity contribution in [2.45, 2.75) is 52.6 Å². The average Bonchev–Trinajstić information content (AvgIpc) is 2.73. The molecule has 2 amide bonds. The molecule has 1 N–H and O–H groups in total. The summed E-state index contributed by atoms with van der Waals surface area (Å²) in [6, 6.07) is 15.1. The summed E-state index contributed by atoms with van der Waals surface area (Å²) in [5.41, 5.74) is 3.16. The van der Waals surface area contributed by atoms with Gasteiger partial charge < -0.3 is 15.0 Å². The van der Waals surface area contributed by atoms with Crippen molar-refractivity contribution in [1.29, 1.82) is 0 Å². The lowest BCUT2D eigenvalue weighted by atomic mass is 10.0. The third-order valence-corrected chi connectivity index (χ3v) is 5.13. The van der Waals surface area contributed by atoms with Crippen LogP contribution in [0.5, 0.6) is 5.75 Å². The van der Waals surface area contributed by atoms with Gasteiger partial charge in [0, 0.05) is 13.6 Å². The number of nitrogens with zero attached hydrogens (tertiary/aromatic N) is 1. The third kappa shape index (κ3) is 5.83. The van der Waals surface area contributed by atoms with Crippen LogP contribution in [0.3, 0.4) is 0 Å². The topological polar surface area (TPSA) is 58.6 Å². The molecule has 2 aromatic carbocycles. The number of benzene rings is 2. The summed E-state index contributed by atoms with van der Waals surface area (Å²) in [5, 5.41) is 2.68. The van der Waals surface area contributed by atoms with E-state index in [0.717, 1.165) is 16.7 Å². The first-order chi connectivity index (χ1) is 13.9. The van der Waals surface area contributed by atoms with E-state index in [0.29, 0.717) is 24.6 Å². The minimum Gasteiger partial charge on any atom is -0.483 e. The molecule has 0 aliphatic heterocycles. The molecule has 0 aliphatic carbocycles. The predicted octanol–water partition coefficient (Wildman–Crippen LogP) is 4.05. The fourth-order valence-electron chi connectivity index (χ4n) is 3.37. The molecule has 2 aromatic rings. The van der Waals surface area contributed by atoms with Crippen LogP contribution in [0.15, 0.2) is 48.5 Å². The second-order valence-electron chi connectivity index (χ2n) is 7.47. The summed E-state index contributed by atoms with van der Waals surface area (Å²) < 4.78 is 5.89. The number of hydrogen-bond donors (Lipinski definition) is 1. The zero-order chi connectivity index (χ0) is 21.4. The monoisotopic (exact) mass is 396 g/mol. The smallest absolute Gasteiger partial charge is 0.261 e. The molecule has 0 bridgehead atoms. The van der Waals surface area contributed by atoms with E-state index in [-0.39, 0.29) is 18.4 Å². The summed E-state index contributed by atoms with van der Waals surface area (Å²) in [6.07, 6.45) is 0.528. The maximum absolute atomic E-state index is 13.2. The molecule has 0 saturated carbocycles. The first-order valence-electron chi connectivity index (χ1n) is 10.2. The van der Waals surface area contributed by atoms with E-state index in [1.54, 1.807) is 11.9 Å². The van der Waals surface area contributed by atoms with Crippen LogP contribution in [0.1, 0.15) is 49.8 Å². The van der Waals surface area contributed by atoms with Crippen molar-refractivity contribution in [3.8, 4) is 5.75 Å². The minimum atomic E-state index is -0.545. The molecule has 0 heterocycles. The van der Waals surface area contributed by atoms with Gasteiger partial charge >= 0.3 is 0 Å². The Morgan fingerprint density at radius 1 is 1.07 bits per heavy atom. The predicted molar refractivity (Wildman–Crippen MR) is 116 cm³/mol. The van der Waals surface area contributed by atoms with Gasteiger partial charge in [-0.25, -0.2) is 0 Å². The number of para-hydroxylation sites is 1. The molecule has 2 rings (SSSR count). The normalized spacial score (nSPS) is 11.8. The van der Waals surface area contributed by atoms with Crippen LogP contribution in [0.25, 0.3) is 0 Å². The van der Waals surface area contributed by atoms with Crippen molar-refractivity contribution in [2.75, 3.05) is 13.7 Å². The minimum absolute atomic E-state index is 0.108. The molecule has 29 heavy (non-hydrogen) atoms. The standard InChI is InChI=1S/C24H32N2O3/c1-6-21(24(28)25-5)26(15-19-12-8-7-11-18(19)4)23(27)16-29-22-14-10-9-13-20(22)17(2)3/h7-14,17,21H,6,15-16H2,1-5H3,(H,25,28). The summed E-state index contributed by atoms with van der Waals surface area (Å²) in [6.45, 7) is 8.36. The van der Waals surface area contributed by atoms with Crippen molar-refractivity contribution in [2.24, 2.45) is 0 Å². The summed E-state index contributed by atoms with van der Waals surface area (Å²) >= 11 is 0. The molecular weight excluding hydrogens is 364 g/mol. The number of ether oxygens (including phenoxy) is 1. The number of amides is 2. The molecule has 0 spiro atoms. The highest BCUT2D eigenvalue weighted by atomic mass is 16.5. The van der Waals surface area contributed by atoms with Crippen molar-refractivity contribution in [1.82, 2.24) is 10.2 Å². The zero-order valence-electron chi connectivity index (χ0n) is 18.1. The maximum Gasteiger partial charge on any atom is 0.261 e. The second-order valence-corrected chi connectivity index (χ2v) is 7.47. The number of nitrogens with one attached hydrogen (secondary N) is 1. The van der Waals surface area contributed by atoms with E-state index >= 15 is 0 Å². The molecule has 0 aliphatic rings. The molecule has 1 unspecified atom stereocenters. The van der Waals surface area contributed by atoms with Gasteiger partial charge in [-0.1, -0.05) is 63.2 Å². The number of hydrogen-bond acceptors (Lipinski definition) is 3. The van der Waals surface area contributed by atoms with Crippen molar-refractivity contribution >= 4 is 11.8 Å². The Labute approximate surface area is 174 Å². The Bertz CT molecular complexity index is 832. The van der Waals surface area contributed by atoms with Gasteiger partial charge in [0.25, 0.3) is 5.91 Å². The van der Waals surface area contributed by atoms with E-state index in [9.17, 15) is 9.59 Å². The average molecular weight is 397 g/mol. The SMILES string of the molecule is CCC(C(=O)NC)N(Cc1ccccc1C)C(=O)COc1ccccc1C(C)C. The fourth-order valence-corrected chi connectivity index (χ4v) is 3.37. The Morgan fingerprint density at radius 3 is 2.34 bits per heavy atom. The van der Waals surface area contributed by atoms with Crippen LogP contribution in [-0.4, -0.2) is 36.4 Å². The Kier molecular flexibility index (Phi) is 8.25. The Morgan fingerprint density at radius 2 is 1.72 bits per heavy atom. The van der Waals surface area contributed by atoms with Crippen molar-refractivity contribution in [3.63, 3.8) is 0 Å². The molecule has 156 valence electrons. The van der Waals surface area contributed by atoms with Gasteiger partial charge in [-0.15, -0.1) is 0 Å². The first kappa shape index (κ1) is 22.5. The number of likely N-dealkylation sites (N-methyl/N-ethyl adjacent to an activating group) is 1. The van der Waals surface area contributed by atoms with Crippen LogP contribution < -0.4 is 10.1 Å². The molecular formula is C24H32N2O3. The van der Waals surface area contributed by atoms with Gasteiger partial charge in [0.1, 0.15) is 11.8 Å². The number of aryl methyl sites for hydroxylation is 1. The van der Waals surface area contributed by atoms with Gasteiger partial charge in [-0.3, -0.25) is 9.59 Å². The van der Waals surface area contributed by atoms with Crippen LogP contribution in [0.2, 0.25) is 0 Å². The quantitative estimate of drug-likeness (QED) is 0.696. The van der Waals surface area contributed by atoms with E-state index in [1.165, 1.54) is 0 Å². The van der Waals surface area contributed by atoms with Crippen LogP contribution in [0, 0.1) is 6.92 Å². The van der Waals surface area contributed by atoms with Gasteiger partial charge in [-0.05, 0) is 42.0 Å². The molecule has 0 fully saturated rings. The van der Waals surface area contributed by atoms with Gasteiger partial charge in [-0.2, -0.15) is 0 Å². The van der Waals surface area contributed by atoms with E-state index in [2.05, 4.69) is 19.2 Å². The number of carbonyl (C=O) groups is 2. The highest BCUT2D eigenvalue weighted by Gasteiger charge is 2.28. The Balaban J connectivity index is 2.24. The van der Waals surface area contributed by atoms with Gasteiger partial charge in [0.15, 0.2) is 6.61 Å². The molecule has 0 aromatic heterocycles. The van der Waals surface area contributed by atoms with Gasteiger partial charge in [0.05, 0.1) is 0 Å². The van der Waals surface area contributed by atoms with Crippen molar-refractivity contribution in [3.05, 3.63) is 65.2 Å². The largest absolute Gasteiger partial charge is 0.483 e. The van der Waals surface area contributed by atoms with Crippen LogP contribution in [0.4, 0.5) is 0 Å². The van der Waals surface area contributed by atoms with Crippen molar-refractivity contribution < 1.29 is 14.3 Å². The second kappa shape index (κ2) is 10.6. The summed E-state index contributed by atoms with van der Waals surface area (Å²) in [5.74, 6) is 0.623. The van der Waals surface area contributed by atoms with Crippen LogP contribution >= 0.6 is 0 Å².